The Hall–Kier alpha value is -1.76. The summed E-state index contributed by atoms with van der Waals surface area (Å²) in [6.45, 7) is 8.99. The second-order valence-electron chi connectivity index (χ2n) is 15.6. The van der Waals surface area contributed by atoms with Crippen LogP contribution in [0.2, 0.25) is 0 Å². The zero-order valence-electron chi connectivity index (χ0n) is 28.6. The van der Waals surface area contributed by atoms with Crippen molar-refractivity contribution >= 4 is 11.9 Å². The molecule has 49 heavy (non-hydrogen) atoms. The smallest absolute Gasteiger partial charge is 0.331 e. The summed E-state index contributed by atoms with van der Waals surface area (Å²) in [6, 6.07) is 0. The summed E-state index contributed by atoms with van der Waals surface area (Å²) in [6.07, 6.45) is -11.1. The fourth-order valence-electron chi connectivity index (χ4n) is 9.60. The Balaban J connectivity index is 1.23. The number of rotatable bonds is 7. The maximum atomic E-state index is 11.8. The highest BCUT2D eigenvalue weighted by molar-refractivity contribution is 5.85. The van der Waals surface area contributed by atoms with E-state index in [0.717, 1.165) is 24.8 Å². The average molecular weight is 701 g/mol. The normalized spacial score (nSPS) is 49.7. The molecule has 6 aliphatic rings. The van der Waals surface area contributed by atoms with Gasteiger partial charge in [0.05, 0.1) is 18.3 Å². The first kappa shape index (κ1) is 37.0. The fraction of sp³-hybridized carbons (Fsp3) is 0.882. The van der Waals surface area contributed by atoms with Crippen molar-refractivity contribution in [3.8, 4) is 0 Å². The minimum atomic E-state index is -1.68. The molecule has 0 bridgehead atoms. The Morgan fingerprint density at radius 1 is 0.898 bits per heavy atom. The summed E-state index contributed by atoms with van der Waals surface area (Å²) in [5.74, 6) is -0.862. The third-order valence-electron chi connectivity index (χ3n) is 12.4. The van der Waals surface area contributed by atoms with Gasteiger partial charge in [0.2, 0.25) is 0 Å². The summed E-state index contributed by atoms with van der Waals surface area (Å²) >= 11 is 0. The molecule has 5 fully saturated rings. The van der Waals surface area contributed by atoms with Crippen LogP contribution in [0.1, 0.15) is 66.7 Å². The van der Waals surface area contributed by atoms with Crippen molar-refractivity contribution < 1.29 is 73.4 Å². The van der Waals surface area contributed by atoms with Gasteiger partial charge < -0.3 is 63.8 Å². The van der Waals surface area contributed by atoms with Crippen LogP contribution in [-0.2, 0) is 42.7 Å². The molecular formula is C34H52O15. The number of hydrogen-bond acceptors (Lipinski definition) is 15. The minimum Gasteiger partial charge on any atom is -0.463 e. The lowest BCUT2D eigenvalue weighted by Crippen LogP contribution is -2.65. The van der Waals surface area contributed by atoms with Gasteiger partial charge in [-0.2, -0.15) is 0 Å². The van der Waals surface area contributed by atoms with Gasteiger partial charge in [0, 0.05) is 24.5 Å². The van der Waals surface area contributed by atoms with E-state index >= 15 is 0 Å². The van der Waals surface area contributed by atoms with Gasteiger partial charge in [-0.15, -0.1) is 0 Å². The minimum absolute atomic E-state index is 0.0688. The van der Waals surface area contributed by atoms with Crippen molar-refractivity contribution in [2.45, 2.75) is 147 Å². The summed E-state index contributed by atoms with van der Waals surface area (Å²) in [5, 5.41) is 64.6. The van der Waals surface area contributed by atoms with Crippen molar-refractivity contribution in [2.24, 2.45) is 28.6 Å². The molecule has 0 aromatic heterocycles. The molecule has 17 atom stereocenters. The van der Waals surface area contributed by atoms with Crippen molar-refractivity contribution in [3.05, 3.63) is 11.6 Å². The van der Waals surface area contributed by atoms with Crippen LogP contribution < -0.4 is 0 Å². The number of carbonyl (C=O) groups is 2. The van der Waals surface area contributed by atoms with Gasteiger partial charge in [0.1, 0.15) is 55.9 Å². The highest BCUT2D eigenvalue weighted by Gasteiger charge is 2.62. The van der Waals surface area contributed by atoms with Gasteiger partial charge in [-0.05, 0) is 61.7 Å². The van der Waals surface area contributed by atoms with Crippen LogP contribution in [0.25, 0.3) is 0 Å². The molecule has 0 spiro atoms. The SMILES string of the molecule is CC(=O)OC[C@H]1O[C@@H](O[C@H]2CC[C@@]3(C)[C@H]4C[C@@H](C5=CC(=O)OC5)O[C@@H](O)[C@H]4CC[C@H]3C2(C)C)[C@H](O[C@@H]2O[C@@H](C)[C@H](O)[C@@H](O)[C@H]2O)[C@@H](O)[C@@H]1O. The van der Waals surface area contributed by atoms with Gasteiger partial charge in [-0.25, -0.2) is 4.79 Å². The lowest BCUT2D eigenvalue weighted by Gasteiger charge is -2.63. The van der Waals surface area contributed by atoms with Gasteiger partial charge in [-0.3, -0.25) is 4.79 Å². The number of esters is 2. The first-order valence-corrected chi connectivity index (χ1v) is 17.4. The standard InChI is InChI=1S/C34H52O15/c1-14-24(37)26(39)28(41)31(45-14)49-29-27(40)25(38)20(13-43-15(2)35)47-32(29)48-22-8-9-34(5)18-11-19(16-10-23(36)44-12-16)46-30(42)17(18)6-7-21(34)33(22,3)4/h10,14,17-22,24-32,37-42H,6-9,11-13H2,1-5H3/t14-,17-,18-,19-,20+,21-,22-,24-,25+,26+,27-,28+,29+,30+,31-,32-,34-/m0/s1. The summed E-state index contributed by atoms with van der Waals surface area (Å²) < 4.78 is 40.7. The number of ether oxygens (including phenoxy) is 7. The van der Waals surface area contributed by atoms with Crippen molar-refractivity contribution in [1.29, 1.82) is 0 Å². The molecular weight excluding hydrogens is 648 g/mol. The van der Waals surface area contributed by atoms with Gasteiger partial charge in [0.15, 0.2) is 18.9 Å². The largest absolute Gasteiger partial charge is 0.463 e. The van der Waals surface area contributed by atoms with E-state index in [4.69, 9.17) is 33.2 Å². The molecule has 2 aliphatic carbocycles. The Labute approximate surface area is 285 Å². The molecule has 0 unspecified atom stereocenters. The lowest BCUT2D eigenvalue weighted by molar-refractivity contribution is -0.376. The number of hydrogen-bond donors (Lipinski definition) is 6. The van der Waals surface area contributed by atoms with E-state index in [1.807, 2.05) is 0 Å². The molecule has 15 nitrogen and oxygen atoms in total. The molecule has 6 N–H and O–H groups in total. The maximum Gasteiger partial charge on any atom is 0.331 e. The van der Waals surface area contributed by atoms with Crippen LogP contribution in [0.5, 0.6) is 0 Å². The Kier molecular flexibility index (Phi) is 10.6. The van der Waals surface area contributed by atoms with E-state index in [0.29, 0.717) is 12.8 Å². The van der Waals surface area contributed by atoms with Gasteiger partial charge in [-0.1, -0.05) is 20.8 Å². The number of aliphatic hydroxyl groups is 6. The van der Waals surface area contributed by atoms with Gasteiger partial charge >= 0.3 is 11.9 Å². The molecule has 6 rings (SSSR count). The molecule has 4 heterocycles. The van der Waals surface area contributed by atoms with Crippen LogP contribution >= 0.6 is 0 Å². The van der Waals surface area contributed by atoms with E-state index in [-0.39, 0.29) is 36.4 Å². The molecule has 0 amide bonds. The third-order valence-corrected chi connectivity index (χ3v) is 12.4. The van der Waals surface area contributed by atoms with Crippen LogP contribution in [0.15, 0.2) is 11.6 Å². The second-order valence-corrected chi connectivity index (χ2v) is 15.6. The Morgan fingerprint density at radius 3 is 2.31 bits per heavy atom. The van der Waals surface area contributed by atoms with Crippen LogP contribution in [0.3, 0.4) is 0 Å². The molecule has 2 saturated carbocycles. The number of carbonyl (C=O) groups excluding carboxylic acids is 2. The van der Waals surface area contributed by atoms with Crippen LogP contribution in [0.4, 0.5) is 0 Å². The lowest BCUT2D eigenvalue weighted by atomic mass is 9.44. The zero-order chi connectivity index (χ0) is 35.6. The van der Waals surface area contributed by atoms with E-state index in [9.17, 15) is 40.2 Å². The molecule has 3 saturated heterocycles. The first-order chi connectivity index (χ1) is 23.0. The van der Waals surface area contributed by atoms with Crippen molar-refractivity contribution in [3.63, 3.8) is 0 Å². The molecule has 4 aliphatic heterocycles. The van der Waals surface area contributed by atoms with Crippen molar-refractivity contribution in [1.82, 2.24) is 0 Å². The highest BCUT2D eigenvalue weighted by Crippen LogP contribution is 2.64. The molecule has 0 aromatic rings. The van der Waals surface area contributed by atoms with Crippen LogP contribution in [0, 0.1) is 28.6 Å². The topological polar surface area (TPSA) is 220 Å². The van der Waals surface area contributed by atoms with Crippen LogP contribution in [-0.4, -0.2) is 136 Å². The zero-order valence-corrected chi connectivity index (χ0v) is 28.6. The molecule has 15 heteroatoms. The number of fused-ring (bicyclic) bond motifs is 3. The molecule has 0 aromatic carbocycles. The molecule has 278 valence electrons. The van der Waals surface area contributed by atoms with Gasteiger partial charge in [0.25, 0.3) is 0 Å². The highest BCUT2D eigenvalue weighted by atomic mass is 16.8. The third kappa shape index (κ3) is 6.81. The Bertz CT molecular complexity index is 1260. The van der Waals surface area contributed by atoms with E-state index < -0.39 is 97.3 Å². The number of aliphatic hydroxyl groups excluding tert-OH is 6. The van der Waals surface area contributed by atoms with E-state index in [2.05, 4.69) is 20.8 Å². The summed E-state index contributed by atoms with van der Waals surface area (Å²) in [5.41, 5.74) is 0.0411. The second kappa shape index (κ2) is 14.0. The summed E-state index contributed by atoms with van der Waals surface area (Å²) in [7, 11) is 0. The fourth-order valence-corrected chi connectivity index (χ4v) is 9.60. The average Bonchev–Trinajstić information content (AvgIpc) is 3.48. The maximum absolute atomic E-state index is 11.8. The number of cyclic esters (lactones) is 1. The summed E-state index contributed by atoms with van der Waals surface area (Å²) in [4.78, 5) is 23.4. The predicted molar refractivity (Wildman–Crippen MR) is 165 cm³/mol. The monoisotopic (exact) mass is 700 g/mol. The quantitative estimate of drug-likeness (QED) is 0.148. The first-order valence-electron chi connectivity index (χ1n) is 17.4. The van der Waals surface area contributed by atoms with E-state index in [1.54, 1.807) is 0 Å². The van der Waals surface area contributed by atoms with E-state index in [1.165, 1.54) is 19.9 Å². The van der Waals surface area contributed by atoms with Crippen molar-refractivity contribution in [2.75, 3.05) is 13.2 Å². The molecule has 0 radical (unpaired) electrons. The Morgan fingerprint density at radius 2 is 1.63 bits per heavy atom. The predicted octanol–water partition coefficient (Wildman–Crippen LogP) is -0.347.